The molecule has 1 aliphatic carbocycles. The second-order valence-corrected chi connectivity index (χ2v) is 4.77. The van der Waals surface area contributed by atoms with Crippen molar-refractivity contribution in [2.75, 3.05) is 0 Å². The molecule has 2 aromatic rings. The highest BCUT2D eigenvalue weighted by atomic mass is 16.1. The summed E-state index contributed by atoms with van der Waals surface area (Å²) in [5, 5.41) is 4.20. The highest BCUT2D eigenvalue weighted by molar-refractivity contribution is 6.01. The third-order valence-electron chi connectivity index (χ3n) is 3.75. The molecule has 1 aliphatic rings. The molecule has 0 bridgehead atoms. The van der Waals surface area contributed by atoms with E-state index in [1.807, 2.05) is 30.3 Å². The van der Waals surface area contributed by atoms with Gasteiger partial charge in [0.15, 0.2) is 5.78 Å². The number of aromatic nitrogens is 3. The molecule has 4 nitrogen and oxygen atoms in total. The van der Waals surface area contributed by atoms with Gasteiger partial charge in [0.05, 0.1) is 0 Å². The van der Waals surface area contributed by atoms with Crippen LogP contribution in [0.25, 0.3) is 0 Å². The van der Waals surface area contributed by atoms with Gasteiger partial charge in [-0.15, -0.1) is 0 Å². The van der Waals surface area contributed by atoms with Crippen molar-refractivity contribution in [1.29, 1.82) is 0 Å². The zero-order valence-electron chi connectivity index (χ0n) is 10.1. The summed E-state index contributed by atoms with van der Waals surface area (Å²) >= 11 is 0. The summed E-state index contributed by atoms with van der Waals surface area (Å²) in [4.78, 5) is 16.8. The van der Waals surface area contributed by atoms with E-state index in [0.29, 0.717) is 0 Å². The van der Waals surface area contributed by atoms with E-state index >= 15 is 0 Å². The third kappa shape index (κ3) is 1.65. The summed E-state index contributed by atoms with van der Waals surface area (Å²) in [6.07, 6.45) is 7.00. The van der Waals surface area contributed by atoms with Gasteiger partial charge in [-0.25, -0.2) is 9.67 Å². The van der Waals surface area contributed by atoms with Crippen LogP contribution < -0.4 is 0 Å². The van der Waals surface area contributed by atoms with Crippen LogP contribution in [0.1, 0.15) is 36.0 Å². The number of hydrogen-bond donors (Lipinski definition) is 0. The van der Waals surface area contributed by atoms with Crippen LogP contribution in [0.4, 0.5) is 0 Å². The first-order chi connectivity index (χ1) is 8.83. The smallest absolute Gasteiger partial charge is 0.190 e. The first-order valence-electron chi connectivity index (χ1n) is 6.28. The lowest BCUT2D eigenvalue weighted by atomic mass is 9.88. The van der Waals surface area contributed by atoms with E-state index in [1.54, 1.807) is 11.0 Å². The maximum absolute atomic E-state index is 12.8. The topological polar surface area (TPSA) is 47.8 Å². The Hall–Kier alpha value is -1.97. The zero-order chi connectivity index (χ0) is 12.4. The van der Waals surface area contributed by atoms with Crippen LogP contribution in [-0.2, 0) is 5.54 Å². The molecule has 0 saturated heterocycles. The SMILES string of the molecule is O=C(c1ccccc1)C1(n2cncn2)CCCC1. The van der Waals surface area contributed by atoms with Gasteiger partial charge < -0.3 is 0 Å². The molecule has 0 atom stereocenters. The van der Waals surface area contributed by atoms with Gasteiger partial charge >= 0.3 is 0 Å². The Morgan fingerprint density at radius 3 is 2.50 bits per heavy atom. The molecule has 0 unspecified atom stereocenters. The molecule has 1 heterocycles. The number of rotatable bonds is 3. The van der Waals surface area contributed by atoms with Crippen molar-refractivity contribution >= 4 is 5.78 Å². The maximum atomic E-state index is 12.8. The molecule has 0 spiro atoms. The van der Waals surface area contributed by atoms with E-state index in [2.05, 4.69) is 10.1 Å². The monoisotopic (exact) mass is 241 g/mol. The molecular formula is C14H15N3O. The Morgan fingerprint density at radius 1 is 1.17 bits per heavy atom. The summed E-state index contributed by atoms with van der Waals surface area (Å²) < 4.78 is 1.75. The van der Waals surface area contributed by atoms with Crippen LogP contribution in [0.5, 0.6) is 0 Å². The number of carbonyl (C=O) groups excluding carboxylic acids is 1. The largest absolute Gasteiger partial charge is 0.291 e. The van der Waals surface area contributed by atoms with Crippen LogP contribution in [-0.4, -0.2) is 20.5 Å². The summed E-state index contributed by atoms with van der Waals surface area (Å²) in [6, 6.07) is 9.47. The molecule has 0 aliphatic heterocycles. The van der Waals surface area contributed by atoms with Crippen LogP contribution in [0.15, 0.2) is 43.0 Å². The zero-order valence-corrected chi connectivity index (χ0v) is 10.1. The molecule has 0 amide bonds. The lowest BCUT2D eigenvalue weighted by Gasteiger charge is -2.27. The van der Waals surface area contributed by atoms with E-state index < -0.39 is 5.54 Å². The lowest BCUT2D eigenvalue weighted by Crippen LogP contribution is -2.39. The van der Waals surface area contributed by atoms with E-state index in [4.69, 9.17) is 0 Å². The van der Waals surface area contributed by atoms with E-state index in [9.17, 15) is 4.79 Å². The predicted octanol–water partition coefficient (Wildman–Crippen LogP) is 2.43. The van der Waals surface area contributed by atoms with Gasteiger partial charge in [0.25, 0.3) is 0 Å². The molecule has 1 fully saturated rings. The van der Waals surface area contributed by atoms with Crippen LogP contribution in [0.3, 0.4) is 0 Å². The van der Waals surface area contributed by atoms with Crippen molar-refractivity contribution in [2.45, 2.75) is 31.2 Å². The van der Waals surface area contributed by atoms with Crippen LogP contribution in [0.2, 0.25) is 0 Å². The minimum absolute atomic E-state index is 0.158. The molecular weight excluding hydrogens is 226 g/mol. The molecule has 4 heteroatoms. The summed E-state index contributed by atoms with van der Waals surface area (Å²) in [5.74, 6) is 0.158. The average molecular weight is 241 g/mol. The Morgan fingerprint density at radius 2 is 1.89 bits per heavy atom. The second-order valence-electron chi connectivity index (χ2n) is 4.77. The van der Waals surface area contributed by atoms with Crippen molar-refractivity contribution in [3.8, 4) is 0 Å². The summed E-state index contributed by atoms with van der Waals surface area (Å²) in [5.41, 5.74) is 0.243. The number of hydrogen-bond acceptors (Lipinski definition) is 3. The fourth-order valence-corrected chi connectivity index (χ4v) is 2.81. The predicted molar refractivity (Wildman–Crippen MR) is 67.2 cm³/mol. The van der Waals surface area contributed by atoms with E-state index in [1.165, 1.54) is 6.33 Å². The normalized spacial score (nSPS) is 17.8. The van der Waals surface area contributed by atoms with E-state index in [0.717, 1.165) is 31.2 Å². The minimum atomic E-state index is -0.516. The van der Waals surface area contributed by atoms with Crippen molar-refractivity contribution in [3.05, 3.63) is 48.5 Å². The van der Waals surface area contributed by atoms with Crippen LogP contribution >= 0.6 is 0 Å². The van der Waals surface area contributed by atoms with Crippen molar-refractivity contribution in [3.63, 3.8) is 0 Å². The number of benzene rings is 1. The molecule has 0 radical (unpaired) electrons. The summed E-state index contributed by atoms with van der Waals surface area (Å²) in [6.45, 7) is 0. The molecule has 3 rings (SSSR count). The average Bonchev–Trinajstić information content (AvgIpc) is 3.10. The molecule has 92 valence electrons. The van der Waals surface area contributed by atoms with Gasteiger partial charge in [0, 0.05) is 5.56 Å². The molecule has 1 aromatic carbocycles. The third-order valence-corrected chi connectivity index (χ3v) is 3.75. The fourth-order valence-electron chi connectivity index (χ4n) is 2.81. The second kappa shape index (κ2) is 4.37. The highest BCUT2D eigenvalue weighted by Crippen LogP contribution is 2.38. The number of nitrogens with zero attached hydrogens (tertiary/aromatic N) is 3. The van der Waals surface area contributed by atoms with Gasteiger partial charge in [-0.2, -0.15) is 5.10 Å². The van der Waals surface area contributed by atoms with Gasteiger partial charge in [0.1, 0.15) is 18.2 Å². The Labute approximate surface area is 106 Å². The Balaban J connectivity index is 2.03. The quantitative estimate of drug-likeness (QED) is 0.775. The van der Waals surface area contributed by atoms with Crippen molar-refractivity contribution in [1.82, 2.24) is 14.8 Å². The molecule has 18 heavy (non-hydrogen) atoms. The van der Waals surface area contributed by atoms with Crippen molar-refractivity contribution in [2.24, 2.45) is 0 Å². The minimum Gasteiger partial charge on any atom is -0.291 e. The molecule has 1 aromatic heterocycles. The Bertz CT molecular complexity index is 527. The first kappa shape index (κ1) is 11.1. The highest BCUT2D eigenvalue weighted by Gasteiger charge is 2.43. The van der Waals surface area contributed by atoms with Crippen molar-refractivity contribution < 1.29 is 4.79 Å². The van der Waals surface area contributed by atoms with Gasteiger partial charge in [-0.1, -0.05) is 43.2 Å². The first-order valence-corrected chi connectivity index (χ1v) is 6.28. The maximum Gasteiger partial charge on any atom is 0.190 e. The number of ketones is 1. The Kier molecular flexibility index (Phi) is 2.70. The lowest BCUT2D eigenvalue weighted by molar-refractivity contribution is 0.0792. The van der Waals surface area contributed by atoms with Gasteiger partial charge in [-0.3, -0.25) is 4.79 Å². The number of carbonyl (C=O) groups is 1. The fraction of sp³-hybridized carbons (Fsp3) is 0.357. The number of Topliss-reactive ketones (excluding diaryl/α,β-unsaturated/α-hetero) is 1. The molecule has 0 N–H and O–H groups in total. The van der Waals surface area contributed by atoms with Gasteiger partial charge in [0.2, 0.25) is 0 Å². The van der Waals surface area contributed by atoms with Crippen LogP contribution in [0, 0.1) is 0 Å². The molecule has 1 saturated carbocycles. The summed E-state index contributed by atoms with van der Waals surface area (Å²) in [7, 11) is 0. The van der Waals surface area contributed by atoms with E-state index in [-0.39, 0.29) is 5.78 Å². The van der Waals surface area contributed by atoms with Gasteiger partial charge in [-0.05, 0) is 12.8 Å². The standard InChI is InChI=1S/C14H15N3O/c18-13(12-6-2-1-3-7-12)14(8-4-5-9-14)17-11-15-10-16-17/h1-3,6-7,10-11H,4-5,8-9H2.